The smallest absolute Gasteiger partial charge is 0.183 e. The molecule has 0 radical (unpaired) electrons. The largest absolute Gasteiger partial charge is 0.361 e. The maximum atomic E-state index is 8.77. The number of nitriles is 1. The molecule has 0 amide bonds. The van der Waals surface area contributed by atoms with Crippen molar-refractivity contribution >= 4 is 32.4 Å². The minimum absolute atomic E-state index is 0.000817. The first-order valence-corrected chi connectivity index (χ1v) is 7.48. The second-order valence-corrected chi connectivity index (χ2v) is 6.83. The minimum Gasteiger partial charge on any atom is -0.361 e. The number of halogens is 1. The van der Waals surface area contributed by atoms with E-state index < -0.39 is 0 Å². The zero-order valence-electron chi connectivity index (χ0n) is 10.8. The highest BCUT2D eigenvalue weighted by molar-refractivity contribution is 9.10. The van der Waals surface area contributed by atoms with Crippen LogP contribution >= 0.6 is 27.3 Å². The van der Waals surface area contributed by atoms with Crippen molar-refractivity contribution in [3.63, 3.8) is 0 Å². The quantitative estimate of drug-likeness (QED) is 0.912. The third-order valence-corrected chi connectivity index (χ3v) is 4.31. The molecule has 0 fully saturated rings. The molecule has 0 atom stereocenters. The third kappa shape index (κ3) is 3.55. The van der Waals surface area contributed by atoms with Gasteiger partial charge in [-0.05, 0) is 17.7 Å². The van der Waals surface area contributed by atoms with E-state index in [1.54, 1.807) is 6.20 Å². The zero-order valence-corrected chi connectivity index (χ0v) is 13.2. The average molecular weight is 336 g/mol. The number of nitrogens with one attached hydrogen (secondary N) is 1. The Balaban J connectivity index is 2.05. The average Bonchev–Trinajstić information content (AvgIpc) is 2.85. The molecule has 3 nitrogen and oxygen atoms in total. The lowest BCUT2D eigenvalue weighted by Crippen LogP contribution is -2.27. The molecular weight excluding hydrogens is 322 g/mol. The molecule has 0 saturated carbocycles. The molecule has 2 aromatic rings. The van der Waals surface area contributed by atoms with E-state index in [9.17, 15) is 0 Å². The highest BCUT2D eigenvalue weighted by atomic mass is 79.9. The summed E-state index contributed by atoms with van der Waals surface area (Å²) in [6.45, 7) is 5.14. The summed E-state index contributed by atoms with van der Waals surface area (Å²) in [7, 11) is 0. The van der Waals surface area contributed by atoms with E-state index in [2.05, 4.69) is 58.3 Å². The Kier molecular flexibility index (Phi) is 4.23. The summed E-state index contributed by atoms with van der Waals surface area (Å²) in [6, 6.07) is 10.4. The van der Waals surface area contributed by atoms with Crippen LogP contribution in [0.4, 0.5) is 5.13 Å². The summed E-state index contributed by atoms with van der Waals surface area (Å²) in [5, 5.41) is 12.9. The van der Waals surface area contributed by atoms with Crippen molar-refractivity contribution < 1.29 is 0 Å². The van der Waals surface area contributed by atoms with Crippen molar-refractivity contribution in [3.05, 3.63) is 45.4 Å². The summed E-state index contributed by atoms with van der Waals surface area (Å²) in [6.07, 6.45) is 1.60. The van der Waals surface area contributed by atoms with Gasteiger partial charge in [0.2, 0.25) is 0 Å². The lowest BCUT2D eigenvalue weighted by atomic mass is 9.85. The van der Waals surface area contributed by atoms with E-state index in [0.29, 0.717) is 4.88 Å². The molecule has 1 N–H and O–H groups in total. The molecule has 0 saturated heterocycles. The Bertz CT molecular complexity index is 596. The first kappa shape index (κ1) is 14.0. The molecule has 2 rings (SSSR count). The molecule has 0 bridgehead atoms. The van der Waals surface area contributed by atoms with Crippen molar-refractivity contribution in [2.75, 3.05) is 11.9 Å². The van der Waals surface area contributed by atoms with Crippen molar-refractivity contribution in [1.29, 1.82) is 5.26 Å². The Morgan fingerprint density at radius 2 is 2.05 bits per heavy atom. The van der Waals surface area contributed by atoms with Crippen molar-refractivity contribution in [2.45, 2.75) is 19.3 Å². The summed E-state index contributed by atoms with van der Waals surface area (Å²) >= 11 is 4.82. The van der Waals surface area contributed by atoms with E-state index in [-0.39, 0.29) is 5.41 Å². The fourth-order valence-electron chi connectivity index (χ4n) is 1.71. The van der Waals surface area contributed by atoms with E-state index in [1.807, 2.05) is 12.1 Å². The molecular formula is C14H14BrN3S. The topological polar surface area (TPSA) is 48.7 Å². The molecule has 1 aromatic carbocycles. The van der Waals surface area contributed by atoms with Gasteiger partial charge in [0.15, 0.2) is 5.13 Å². The fourth-order valence-corrected chi connectivity index (χ4v) is 2.58. The SMILES string of the molecule is CC(C)(CNc1ncc(C#N)s1)c1ccc(Br)cc1. The molecule has 0 aliphatic carbocycles. The summed E-state index contributed by atoms with van der Waals surface area (Å²) in [4.78, 5) is 4.80. The monoisotopic (exact) mass is 335 g/mol. The predicted octanol–water partition coefficient (Wildman–Crippen LogP) is 4.17. The van der Waals surface area contributed by atoms with E-state index in [0.717, 1.165) is 16.1 Å². The van der Waals surface area contributed by atoms with Gasteiger partial charge in [0.05, 0.1) is 6.20 Å². The normalized spacial score (nSPS) is 11.1. The standard InChI is InChI=1S/C14H14BrN3S/c1-14(2,10-3-5-11(15)6-4-10)9-18-13-17-8-12(7-16)19-13/h3-6,8H,9H2,1-2H3,(H,17,18). The number of hydrogen-bond acceptors (Lipinski definition) is 4. The predicted molar refractivity (Wildman–Crippen MR) is 82.5 cm³/mol. The van der Waals surface area contributed by atoms with Crippen LogP contribution in [0.1, 0.15) is 24.3 Å². The fraction of sp³-hybridized carbons (Fsp3) is 0.286. The number of thiazole rings is 1. The van der Waals surface area contributed by atoms with Crippen LogP contribution in [0.5, 0.6) is 0 Å². The highest BCUT2D eigenvalue weighted by Crippen LogP contribution is 2.26. The minimum atomic E-state index is -0.000817. The van der Waals surface area contributed by atoms with Gasteiger partial charge in [-0.1, -0.05) is 53.2 Å². The molecule has 0 spiro atoms. The van der Waals surface area contributed by atoms with Crippen LogP contribution < -0.4 is 5.32 Å². The van der Waals surface area contributed by atoms with Crippen molar-refractivity contribution in [1.82, 2.24) is 4.98 Å². The van der Waals surface area contributed by atoms with Crippen LogP contribution in [0, 0.1) is 11.3 Å². The molecule has 98 valence electrons. The molecule has 1 heterocycles. The Morgan fingerprint density at radius 3 is 2.63 bits per heavy atom. The summed E-state index contributed by atoms with van der Waals surface area (Å²) in [5.41, 5.74) is 1.26. The lowest BCUT2D eigenvalue weighted by molar-refractivity contribution is 0.557. The van der Waals surface area contributed by atoms with Crippen LogP contribution in [-0.2, 0) is 5.41 Å². The number of nitrogens with zero attached hydrogens (tertiary/aromatic N) is 2. The number of benzene rings is 1. The van der Waals surface area contributed by atoms with Crippen LogP contribution in [0.3, 0.4) is 0 Å². The van der Waals surface area contributed by atoms with Gasteiger partial charge in [-0.15, -0.1) is 0 Å². The summed E-state index contributed by atoms with van der Waals surface area (Å²) in [5.74, 6) is 0. The van der Waals surface area contributed by atoms with Gasteiger partial charge in [-0.25, -0.2) is 4.98 Å². The maximum Gasteiger partial charge on any atom is 0.183 e. The highest BCUT2D eigenvalue weighted by Gasteiger charge is 2.20. The van der Waals surface area contributed by atoms with Crippen LogP contribution in [0.25, 0.3) is 0 Å². The van der Waals surface area contributed by atoms with Crippen LogP contribution in [-0.4, -0.2) is 11.5 Å². The van der Waals surface area contributed by atoms with Crippen molar-refractivity contribution in [2.24, 2.45) is 0 Å². The van der Waals surface area contributed by atoms with Gasteiger partial charge in [-0.2, -0.15) is 5.26 Å². The van der Waals surface area contributed by atoms with Gasteiger partial charge in [-0.3, -0.25) is 0 Å². The Labute approximate surface area is 125 Å². The number of hydrogen-bond donors (Lipinski definition) is 1. The number of anilines is 1. The van der Waals surface area contributed by atoms with E-state index >= 15 is 0 Å². The van der Waals surface area contributed by atoms with Gasteiger partial charge in [0.1, 0.15) is 10.9 Å². The second kappa shape index (κ2) is 5.72. The van der Waals surface area contributed by atoms with E-state index in [4.69, 9.17) is 5.26 Å². The molecule has 5 heteroatoms. The zero-order chi connectivity index (χ0) is 13.9. The maximum absolute atomic E-state index is 8.77. The van der Waals surface area contributed by atoms with Gasteiger partial charge < -0.3 is 5.32 Å². The number of aromatic nitrogens is 1. The Hall–Kier alpha value is -1.38. The van der Waals surface area contributed by atoms with Gasteiger partial charge in [0, 0.05) is 16.4 Å². The first-order valence-electron chi connectivity index (χ1n) is 5.87. The number of rotatable bonds is 4. The Morgan fingerprint density at radius 1 is 1.37 bits per heavy atom. The molecule has 0 unspecified atom stereocenters. The van der Waals surface area contributed by atoms with Crippen molar-refractivity contribution in [3.8, 4) is 6.07 Å². The molecule has 1 aromatic heterocycles. The van der Waals surface area contributed by atoms with Crippen LogP contribution in [0.2, 0.25) is 0 Å². The van der Waals surface area contributed by atoms with Crippen LogP contribution in [0.15, 0.2) is 34.9 Å². The van der Waals surface area contributed by atoms with Gasteiger partial charge in [0.25, 0.3) is 0 Å². The summed E-state index contributed by atoms with van der Waals surface area (Å²) < 4.78 is 1.08. The molecule has 19 heavy (non-hydrogen) atoms. The first-order chi connectivity index (χ1) is 9.01. The molecule has 0 aliphatic rings. The van der Waals surface area contributed by atoms with E-state index in [1.165, 1.54) is 16.9 Å². The van der Waals surface area contributed by atoms with Gasteiger partial charge >= 0.3 is 0 Å². The second-order valence-electron chi connectivity index (χ2n) is 4.89. The molecule has 0 aliphatic heterocycles. The third-order valence-electron chi connectivity index (χ3n) is 2.92. The lowest BCUT2D eigenvalue weighted by Gasteiger charge is -2.25.